The zero-order valence-corrected chi connectivity index (χ0v) is 19.2. The lowest BCUT2D eigenvalue weighted by molar-refractivity contribution is -0.963. The van der Waals surface area contributed by atoms with Gasteiger partial charge in [0.05, 0.1) is 72.2 Å². The minimum absolute atomic E-state index is 0.718. The Morgan fingerprint density at radius 3 is 2.03 bits per heavy atom. The first-order valence-electron chi connectivity index (χ1n) is 11.5. The molecule has 2 aromatic carbocycles. The molecule has 0 bridgehead atoms. The molecule has 2 N–H and O–H groups in total. The van der Waals surface area contributed by atoms with Gasteiger partial charge in [0.25, 0.3) is 0 Å². The smallest absolute Gasteiger partial charge is 0.164 e. The molecule has 0 aromatic heterocycles. The number of ether oxygens (including phenoxy) is 3. The predicted octanol–water partition coefficient (Wildman–Crippen LogP) is 0.665. The third-order valence-corrected chi connectivity index (χ3v) is 7.02. The lowest BCUT2D eigenvalue weighted by atomic mass is 10.0. The molecule has 2 aliphatic rings. The molecule has 0 unspecified atom stereocenters. The van der Waals surface area contributed by atoms with Crippen LogP contribution in [0.2, 0.25) is 0 Å². The van der Waals surface area contributed by atoms with Crippen LogP contribution in [0.3, 0.4) is 0 Å². The fourth-order valence-electron chi connectivity index (χ4n) is 5.21. The van der Waals surface area contributed by atoms with Crippen LogP contribution in [0.1, 0.15) is 18.4 Å². The van der Waals surface area contributed by atoms with E-state index in [0.717, 1.165) is 42.9 Å². The number of para-hydroxylation sites is 1. The van der Waals surface area contributed by atoms with Crippen molar-refractivity contribution in [2.24, 2.45) is 0 Å². The number of nitrogens with one attached hydrogen (secondary N) is 2. The minimum Gasteiger partial charge on any atom is -0.496 e. The van der Waals surface area contributed by atoms with Crippen molar-refractivity contribution >= 4 is 5.69 Å². The van der Waals surface area contributed by atoms with Gasteiger partial charge in [0.15, 0.2) is 11.5 Å². The van der Waals surface area contributed by atoms with Gasteiger partial charge in [0.2, 0.25) is 0 Å². The molecule has 0 aliphatic carbocycles. The van der Waals surface area contributed by atoms with Gasteiger partial charge in [-0.3, -0.25) is 0 Å². The van der Waals surface area contributed by atoms with Crippen molar-refractivity contribution in [3.8, 4) is 17.2 Å². The Bertz CT molecular complexity index is 829. The molecule has 0 atom stereocenters. The van der Waals surface area contributed by atoms with E-state index in [2.05, 4.69) is 41.3 Å². The maximum absolute atomic E-state index is 5.63. The summed E-state index contributed by atoms with van der Waals surface area (Å²) < 4.78 is 16.6. The number of nitrogens with zero attached hydrogens (tertiary/aromatic N) is 1. The molecule has 2 fully saturated rings. The van der Waals surface area contributed by atoms with Gasteiger partial charge in [-0.1, -0.05) is 18.2 Å². The van der Waals surface area contributed by atoms with Gasteiger partial charge >= 0.3 is 0 Å². The maximum atomic E-state index is 5.63. The first kappa shape index (κ1) is 21.8. The summed E-state index contributed by atoms with van der Waals surface area (Å²) in [5.41, 5.74) is 2.56. The summed E-state index contributed by atoms with van der Waals surface area (Å²) in [6, 6.07) is 15.7. The van der Waals surface area contributed by atoms with E-state index in [1.54, 1.807) is 31.1 Å². The van der Waals surface area contributed by atoms with Crippen molar-refractivity contribution in [1.82, 2.24) is 0 Å². The molecule has 2 aliphatic heterocycles. The van der Waals surface area contributed by atoms with Crippen LogP contribution < -0.4 is 28.9 Å². The number of piperazine rings is 1. The standard InChI is InChI=1S/C25H35N3O3/c1-29-23-18-25(31-3)24(30-2)17-20(23)19-26-11-9-22(10-12-26)28-15-13-27(14-16-28)21-7-5-4-6-8-21/h4-8,17-18,22H,9-16,19H2,1-3H3/p+2. The molecule has 6 heteroatoms. The Morgan fingerprint density at radius 2 is 1.42 bits per heavy atom. The molecule has 168 valence electrons. The number of methoxy groups -OCH3 is 3. The number of hydrogen-bond donors (Lipinski definition) is 2. The van der Waals surface area contributed by atoms with E-state index in [1.165, 1.54) is 50.3 Å². The van der Waals surface area contributed by atoms with Crippen molar-refractivity contribution in [2.45, 2.75) is 25.4 Å². The number of piperidine rings is 1. The van der Waals surface area contributed by atoms with Crippen molar-refractivity contribution in [1.29, 1.82) is 0 Å². The number of anilines is 1. The van der Waals surface area contributed by atoms with E-state index in [-0.39, 0.29) is 0 Å². The van der Waals surface area contributed by atoms with E-state index in [9.17, 15) is 0 Å². The highest BCUT2D eigenvalue weighted by Crippen LogP contribution is 2.34. The summed E-state index contributed by atoms with van der Waals surface area (Å²) in [5, 5.41) is 0. The number of likely N-dealkylation sites (tertiary alicyclic amines) is 1. The normalized spacial score (nSPS) is 22.2. The Kier molecular flexibility index (Phi) is 7.20. The summed E-state index contributed by atoms with van der Waals surface area (Å²) >= 11 is 0. The van der Waals surface area contributed by atoms with Crippen LogP contribution >= 0.6 is 0 Å². The van der Waals surface area contributed by atoms with Gasteiger partial charge in [0.1, 0.15) is 12.3 Å². The van der Waals surface area contributed by atoms with Crippen molar-refractivity contribution in [3.63, 3.8) is 0 Å². The van der Waals surface area contributed by atoms with E-state index in [4.69, 9.17) is 14.2 Å². The van der Waals surface area contributed by atoms with Gasteiger partial charge in [-0.2, -0.15) is 0 Å². The molecule has 0 amide bonds. The highest BCUT2D eigenvalue weighted by Gasteiger charge is 2.32. The summed E-state index contributed by atoms with van der Waals surface area (Å²) in [5.74, 6) is 2.37. The molecule has 0 radical (unpaired) electrons. The van der Waals surface area contributed by atoms with E-state index >= 15 is 0 Å². The Hall–Kier alpha value is -2.44. The molecule has 31 heavy (non-hydrogen) atoms. The van der Waals surface area contributed by atoms with Gasteiger partial charge in [0, 0.05) is 24.6 Å². The SMILES string of the molecule is COc1cc(OC)c(OC)cc1C[NH+]1CCC([NH+]2CCN(c3ccccc3)CC2)CC1. The summed E-state index contributed by atoms with van der Waals surface area (Å²) in [6.45, 7) is 8.22. The van der Waals surface area contributed by atoms with Crippen LogP contribution in [0.15, 0.2) is 42.5 Å². The van der Waals surface area contributed by atoms with Crippen LogP contribution in [-0.4, -0.2) is 66.6 Å². The lowest BCUT2D eigenvalue weighted by Gasteiger charge is -2.40. The first-order valence-corrected chi connectivity index (χ1v) is 11.5. The van der Waals surface area contributed by atoms with Crippen molar-refractivity contribution in [2.75, 3.05) is 65.5 Å². The Balaban J connectivity index is 1.30. The van der Waals surface area contributed by atoms with E-state index in [0.29, 0.717) is 0 Å². The molecule has 2 heterocycles. The number of hydrogen-bond acceptors (Lipinski definition) is 4. The fourth-order valence-corrected chi connectivity index (χ4v) is 5.21. The van der Waals surface area contributed by atoms with Crippen LogP contribution in [-0.2, 0) is 6.54 Å². The average molecular weight is 428 g/mol. The number of rotatable bonds is 7. The van der Waals surface area contributed by atoms with Gasteiger partial charge in [-0.25, -0.2) is 0 Å². The molecule has 4 rings (SSSR count). The topological polar surface area (TPSA) is 39.8 Å². The highest BCUT2D eigenvalue weighted by atomic mass is 16.5. The molecule has 6 nitrogen and oxygen atoms in total. The van der Waals surface area contributed by atoms with Crippen LogP contribution in [0.4, 0.5) is 5.69 Å². The van der Waals surface area contributed by atoms with E-state index in [1.807, 2.05) is 6.07 Å². The lowest BCUT2D eigenvalue weighted by Crippen LogP contribution is -3.21. The summed E-state index contributed by atoms with van der Waals surface area (Å²) in [7, 11) is 5.08. The second kappa shape index (κ2) is 10.2. The predicted molar refractivity (Wildman–Crippen MR) is 123 cm³/mol. The third kappa shape index (κ3) is 5.08. The van der Waals surface area contributed by atoms with Gasteiger partial charge < -0.3 is 28.9 Å². The minimum atomic E-state index is 0.718. The molecule has 0 spiro atoms. The average Bonchev–Trinajstić information content (AvgIpc) is 2.85. The Labute approximate surface area is 186 Å². The molecule has 2 aromatic rings. The van der Waals surface area contributed by atoms with Crippen LogP contribution in [0, 0.1) is 0 Å². The fraction of sp³-hybridized carbons (Fsp3) is 0.520. The number of benzene rings is 2. The van der Waals surface area contributed by atoms with Crippen molar-refractivity contribution in [3.05, 3.63) is 48.0 Å². The summed E-state index contributed by atoms with van der Waals surface area (Å²) in [6.07, 6.45) is 2.59. The molecule has 0 saturated carbocycles. The summed E-state index contributed by atoms with van der Waals surface area (Å²) in [4.78, 5) is 5.96. The monoisotopic (exact) mass is 427 g/mol. The third-order valence-electron chi connectivity index (χ3n) is 7.02. The van der Waals surface area contributed by atoms with Crippen LogP contribution in [0.5, 0.6) is 17.2 Å². The largest absolute Gasteiger partial charge is 0.496 e. The highest BCUT2D eigenvalue weighted by molar-refractivity contribution is 5.50. The zero-order valence-electron chi connectivity index (χ0n) is 19.2. The van der Waals surface area contributed by atoms with E-state index < -0.39 is 0 Å². The molecule has 2 saturated heterocycles. The molecular weight excluding hydrogens is 390 g/mol. The van der Waals surface area contributed by atoms with Gasteiger partial charge in [-0.05, 0) is 18.2 Å². The Morgan fingerprint density at radius 1 is 0.806 bits per heavy atom. The quantitative estimate of drug-likeness (QED) is 0.681. The van der Waals surface area contributed by atoms with Gasteiger partial charge in [-0.15, -0.1) is 0 Å². The second-order valence-corrected chi connectivity index (χ2v) is 8.70. The second-order valence-electron chi connectivity index (χ2n) is 8.70. The van der Waals surface area contributed by atoms with Crippen LogP contribution in [0.25, 0.3) is 0 Å². The maximum Gasteiger partial charge on any atom is 0.164 e. The van der Waals surface area contributed by atoms with Crippen molar-refractivity contribution < 1.29 is 24.0 Å². The zero-order chi connectivity index (χ0) is 21.6. The number of quaternary nitrogens is 2. The molecular formula is C25H37N3O3+2. The first-order chi connectivity index (χ1) is 15.2.